The highest BCUT2D eigenvalue weighted by molar-refractivity contribution is 7.44. The van der Waals surface area contributed by atoms with Gasteiger partial charge < -0.3 is 24.2 Å². The van der Waals surface area contributed by atoms with E-state index in [9.17, 15) is 23.0 Å². The van der Waals surface area contributed by atoms with Gasteiger partial charge in [-0.1, -0.05) is 6.07 Å². The van der Waals surface area contributed by atoms with Gasteiger partial charge in [-0.2, -0.15) is 18.3 Å². The Morgan fingerprint density at radius 3 is 2.77 bits per heavy atom. The molecule has 0 spiro atoms. The second kappa shape index (κ2) is 11.2. The highest BCUT2D eigenvalue weighted by atomic mass is 31.2. The molecule has 1 aliphatic rings. The van der Waals surface area contributed by atoms with E-state index in [1.54, 1.807) is 62.1 Å². The number of phosphoric ester groups is 1. The molecule has 1 aliphatic heterocycles. The maximum Gasteiger partial charge on any atom is 0.289 e. The van der Waals surface area contributed by atoms with Crippen LogP contribution in [0, 0.1) is 18.8 Å². The number of benzene rings is 1. The number of hydrogen-bond acceptors (Lipinski definition) is 7. The van der Waals surface area contributed by atoms with Crippen molar-refractivity contribution in [2.45, 2.75) is 39.6 Å². The van der Waals surface area contributed by atoms with Gasteiger partial charge >= 0.3 is 0 Å². The molecule has 11 nitrogen and oxygen atoms in total. The van der Waals surface area contributed by atoms with Gasteiger partial charge in [0.1, 0.15) is 18.0 Å². The second-order valence-electron chi connectivity index (χ2n) is 9.01. The van der Waals surface area contributed by atoms with Crippen molar-refractivity contribution in [2.75, 3.05) is 13.7 Å². The zero-order valence-corrected chi connectivity index (χ0v) is 22.5. The summed E-state index contributed by atoms with van der Waals surface area (Å²) in [6, 6.07) is 6.75. The van der Waals surface area contributed by atoms with E-state index in [1.165, 1.54) is 22.6 Å². The monoisotopic (exact) mass is 564 g/mol. The number of pyridine rings is 1. The van der Waals surface area contributed by atoms with Gasteiger partial charge in [-0.25, -0.2) is 4.57 Å². The standard InChI is InChI=1S/C25H27F2N4O7P/c1-15-11-29(13-30(15)14-37-39(33,34)35)20-7-5-18(9-21(20)36-4)10-22-25(32)31(12-16(2)38-22)17(3)19-6-8-23(26)28-24(19)27/h5-11,13,16-17H,12,14H2,1-4H3,(H-,33,34,35)/t16-,17-/m0/s1. The lowest BCUT2D eigenvalue weighted by molar-refractivity contribution is -0.596. The van der Waals surface area contributed by atoms with Crippen molar-refractivity contribution in [3.05, 3.63) is 77.3 Å². The molecular formula is C25H27F2N4O7P. The van der Waals surface area contributed by atoms with Gasteiger partial charge in [0, 0.05) is 12.5 Å². The number of amides is 1. The molecule has 1 fully saturated rings. The molecular weight excluding hydrogens is 537 g/mol. The molecule has 0 aliphatic carbocycles. The predicted molar refractivity (Wildman–Crippen MR) is 131 cm³/mol. The summed E-state index contributed by atoms with van der Waals surface area (Å²) in [6.07, 6.45) is 4.44. The van der Waals surface area contributed by atoms with Crippen LogP contribution < -0.4 is 14.2 Å². The van der Waals surface area contributed by atoms with Gasteiger partial charge in [0.05, 0.1) is 19.7 Å². The first-order chi connectivity index (χ1) is 18.4. The smallest absolute Gasteiger partial charge is 0.289 e. The number of carbonyl (C=O) groups is 1. The largest absolute Gasteiger partial charge is 0.756 e. The number of aromatic nitrogens is 3. The molecule has 1 N–H and O–H groups in total. The van der Waals surface area contributed by atoms with Gasteiger partial charge in [0.2, 0.25) is 11.9 Å². The van der Waals surface area contributed by atoms with Crippen LogP contribution in [0.1, 0.15) is 36.7 Å². The number of methoxy groups -OCH3 is 1. The molecule has 0 saturated carbocycles. The Hall–Kier alpha value is -3.64. The normalized spacial score (nSPS) is 19.1. The zero-order chi connectivity index (χ0) is 28.5. The van der Waals surface area contributed by atoms with Crippen molar-refractivity contribution in [1.82, 2.24) is 14.5 Å². The maximum atomic E-state index is 14.3. The topological polar surface area (TPSA) is 130 Å². The molecule has 1 unspecified atom stereocenters. The molecule has 0 bridgehead atoms. The first-order valence-electron chi connectivity index (χ1n) is 11.8. The molecule has 4 rings (SSSR count). The third kappa shape index (κ3) is 6.51. The van der Waals surface area contributed by atoms with E-state index in [-0.39, 0.29) is 17.9 Å². The van der Waals surface area contributed by atoms with E-state index in [0.717, 1.165) is 6.07 Å². The van der Waals surface area contributed by atoms with E-state index in [4.69, 9.17) is 14.4 Å². The molecule has 208 valence electrons. The summed E-state index contributed by atoms with van der Waals surface area (Å²) >= 11 is 0. The Labute approximate surface area is 223 Å². The van der Waals surface area contributed by atoms with Crippen LogP contribution in [0.5, 0.6) is 5.75 Å². The molecule has 3 heterocycles. The molecule has 39 heavy (non-hydrogen) atoms. The van der Waals surface area contributed by atoms with Gasteiger partial charge in [-0.15, -0.1) is 0 Å². The lowest BCUT2D eigenvalue weighted by Gasteiger charge is -2.37. The van der Waals surface area contributed by atoms with Crippen LogP contribution in [0.3, 0.4) is 0 Å². The first kappa shape index (κ1) is 28.4. The molecule has 3 atom stereocenters. The number of imidazole rings is 1. The van der Waals surface area contributed by atoms with Crippen LogP contribution >= 0.6 is 7.82 Å². The highest BCUT2D eigenvalue weighted by Gasteiger charge is 2.34. The molecule has 0 radical (unpaired) electrons. The van der Waals surface area contributed by atoms with E-state index >= 15 is 0 Å². The molecule has 1 saturated heterocycles. The van der Waals surface area contributed by atoms with Crippen LogP contribution in [0.15, 0.2) is 48.6 Å². The van der Waals surface area contributed by atoms with E-state index in [2.05, 4.69) is 9.51 Å². The van der Waals surface area contributed by atoms with Crippen molar-refractivity contribution in [3.8, 4) is 11.4 Å². The Bertz CT molecular complexity index is 1470. The summed E-state index contributed by atoms with van der Waals surface area (Å²) < 4.78 is 57.5. The summed E-state index contributed by atoms with van der Waals surface area (Å²) in [5.41, 5.74) is 1.93. The van der Waals surface area contributed by atoms with Gasteiger partial charge in [-0.05, 0) is 49.8 Å². The average Bonchev–Trinajstić information content (AvgIpc) is 3.24. The zero-order valence-electron chi connectivity index (χ0n) is 21.6. The summed E-state index contributed by atoms with van der Waals surface area (Å²) in [5, 5.41) is 0. The molecule has 1 aromatic carbocycles. The van der Waals surface area contributed by atoms with E-state index in [1.807, 2.05) is 0 Å². The van der Waals surface area contributed by atoms with E-state index in [0.29, 0.717) is 22.7 Å². The van der Waals surface area contributed by atoms with Crippen molar-refractivity contribution < 1.29 is 46.5 Å². The number of phosphoric acid groups is 1. The summed E-state index contributed by atoms with van der Waals surface area (Å²) in [6.45, 7) is 4.93. The minimum atomic E-state index is -4.89. The van der Waals surface area contributed by atoms with E-state index < -0.39 is 44.5 Å². The number of hydrogen-bond donors (Lipinski definition) is 1. The molecule has 3 aromatic rings. The molecule has 2 aromatic heterocycles. The SMILES string of the molecule is COc1cc(C=C2O[C@@H](C)CN([C@@H](C)c3ccc(F)nc3F)C2=O)ccc1-[n+]1cc(C)n(COP(=O)([O-])O)c1. The molecule has 14 heteroatoms. The van der Waals surface area contributed by atoms with Gasteiger partial charge in [0.15, 0.2) is 23.9 Å². The second-order valence-corrected chi connectivity index (χ2v) is 10.2. The summed E-state index contributed by atoms with van der Waals surface area (Å²) in [7, 11) is -3.41. The number of aryl methyl sites for hydroxylation is 1. The fourth-order valence-corrected chi connectivity index (χ4v) is 4.51. The Morgan fingerprint density at radius 2 is 2.10 bits per heavy atom. The van der Waals surface area contributed by atoms with Crippen molar-refractivity contribution >= 4 is 19.8 Å². The average molecular weight is 564 g/mol. The highest BCUT2D eigenvalue weighted by Crippen LogP contribution is 2.32. The summed E-state index contributed by atoms with van der Waals surface area (Å²) in [4.78, 5) is 37.8. The van der Waals surface area contributed by atoms with Crippen molar-refractivity contribution in [2.24, 2.45) is 0 Å². The van der Waals surface area contributed by atoms with Gasteiger partial charge in [0.25, 0.3) is 20.1 Å². The fraction of sp³-hybridized carbons (Fsp3) is 0.320. The lowest BCUT2D eigenvalue weighted by Crippen LogP contribution is -2.45. The minimum Gasteiger partial charge on any atom is -0.756 e. The quantitative estimate of drug-likeness (QED) is 0.191. The maximum absolute atomic E-state index is 14.3. The lowest BCUT2D eigenvalue weighted by atomic mass is 10.1. The minimum absolute atomic E-state index is 0.0451. The number of morpholine rings is 1. The number of ether oxygens (including phenoxy) is 2. The van der Waals surface area contributed by atoms with Crippen LogP contribution in [-0.4, -0.2) is 45.0 Å². The fourth-order valence-electron chi connectivity index (χ4n) is 4.24. The van der Waals surface area contributed by atoms with Crippen molar-refractivity contribution in [3.63, 3.8) is 0 Å². The molecule has 1 amide bonds. The third-order valence-corrected chi connectivity index (χ3v) is 6.64. The van der Waals surface area contributed by atoms with Crippen LogP contribution in [0.25, 0.3) is 11.8 Å². The number of carbonyl (C=O) groups excluding carboxylic acids is 1. The summed E-state index contributed by atoms with van der Waals surface area (Å²) in [5.74, 6) is -1.91. The Kier molecular flexibility index (Phi) is 8.17. The van der Waals surface area contributed by atoms with Crippen LogP contribution in [0.4, 0.5) is 8.78 Å². The predicted octanol–water partition coefficient (Wildman–Crippen LogP) is 2.54. The van der Waals surface area contributed by atoms with Crippen LogP contribution in [0.2, 0.25) is 0 Å². The van der Waals surface area contributed by atoms with Crippen LogP contribution in [-0.2, 0) is 25.4 Å². The van der Waals surface area contributed by atoms with Crippen molar-refractivity contribution in [1.29, 1.82) is 0 Å². The first-order valence-corrected chi connectivity index (χ1v) is 13.3. The Balaban J connectivity index is 1.60. The van der Waals surface area contributed by atoms with Gasteiger partial charge in [-0.3, -0.25) is 13.9 Å². The Morgan fingerprint density at radius 1 is 1.36 bits per heavy atom. The number of halogens is 2. The number of rotatable bonds is 8. The third-order valence-electron chi connectivity index (χ3n) is 6.20. The number of nitrogens with zero attached hydrogens (tertiary/aromatic N) is 4.